The van der Waals surface area contributed by atoms with Gasteiger partial charge in [-0.15, -0.1) is 0 Å². The molecule has 1 aliphatic rings. The number of halogens is 1. The SMILES string of the molecule is COCC(O)CN1C(=O)c2ccc(Br)cc2C1=O. The van der Waals surface area contributed by atoms with Gasteiger partial charge in [0.05, 0.1) is 30.4 Å². The smallest absolute Gasteiger partial charge is 0.261 e. The van der Waals surface area contributed by atoms with Crippen molar-refractivity contribution in [3.63, 3.8) is 0 Å². The highest BCUT2D eigenvalue weighted by Crippen LogP contribution is 2.26. The van der Waals surface area contributed by atoms with Gasteiger partial charge in [-0.05, 0) is 18.2 Å². The zero-order valence-corrected chi connectivity index (χ0v) is 11.3. The number of aliphatic hydroxyl groups excluding tert-OH is 1. The van der Waals surface area contributed by atoms with Gasteiger partial charge >= 0.3 is 0 Å². The van der Waals surface area contributed by atoms with Crippen LogP contribution in [0.1, 0.15) is 20.7 Å². The number of ether oxygens (including phenoxy) is 1. The Bertz CT molecular complexity index is 503. The van der Waals surface area contributed by atoms with E-state index in [1.165, 1.54) is 7.11 Å². The zero-order chi connectivity index (χ0) is 13.3. The molecule has 0 aliphatic carbocycles. The fraction of sp³-hybridized carbons (Fsp3) is 0.333. The summed E-state index contributed by atoms with van der Waals surface area (Å²) >= 11 is 3.26. The first kappa shape index (κ1) is 13.2. The Labute approximate surface area is 112 Å². The van der Waals surface area contributed by atoms with Crippen molar-refractivity contribution in [3.05, 3.63) is 33.8 Å². The number of carbonyl (C=O) groups is 2. The van der Waals surface area contributed by atoms with Crippen LogP contribution < -0.4 is 0 Å². The molecule has 1 heterocycles. The van der Waals surface area contributed by atoms with E-state index >= 15 is 0 Å². The molecule has 0 aromatic heterocycles. The number of amides is 2. The van der Waals surface area contributed by atoms with Crippen molar-refractivity contribution < 1.29 is 19.4 Å². The number of benzene rings is 1. The van der Waals surface area contributed by atoms with E-state index in [-0.39, 0.29) is 25.0 Å². The minimum absolute atomic E-state index is 0.0577. The van der Waals surface area contributed by atoms with Gasteiger partial charge < -0.3 is 9.84 Å². The summed E-state index contributed by atoms with van der Waals surface area (Å²) in [6.07, 6.45) is -0.874. The largest absolute Gasteiger partial charge is 0.389 e. The summed E-state index contributed by atoms with van der Waals surface area (Å²) in [7, 11) is 1.45. The van der Waals surface area contributed by atoms with Gasteiger partial charge in [0.25, 0.3) is 11.8 Å². The first-order valence-corrected chi connectivity index (χ1v) is 6.16. The lowest BCUT2D eigenvalue weighted by molar-refractivity contribution is 0.0323. The number of methoxy groups -OCH3 is 1. The summed E-state index contributed by atoms with van der Waals surface area (Å²) in [5, 5.41) is 9.60. The molecule has 0 bridgehead atoms. The van der Waals surface area contributed by atoms with Crippen LogP contribution in [0.4, 0.5) is 0 Å². The van der Waals surface area contributed by atoms with Gasteiger partial charge in [-0.2, -0.15) is 0 Å². The van der Waals surface area contributed by atoms with E-state index in [1.54, 1.807) is 18.2 Å². The molecule has 1 aliphatic heterocycles. The summed E-state index contributed by atoms with van der Waals surface area (Å²) in [4.78, 5) is 25.1. The number of β-amino-alcohol motifs (C(OH)–C–C–N with tert-alkyl or cyclic N) is 1. The number of fused-ring (bicyclic) bond motifs is 1. The average molecular weight is 314 g/mol. The molecule has 1 aromatic rings. The molecular weight excluding hydrogens is 302 g/mol. The monoisotopic (exact) mass is 313 g/mol. The Morgan fingerprint density at radius 1 is 1.33 bits per heavy atom. The van der Waals surface area contributed by atoms with Gasteiger partial charge in [-0.25, -0.2) is 0 Å². The van der Waals surface area contributed by atoms with Crippen molar-refractivity contribution in [3.8, 4) is 0 Å². The third-order valence-corrected chi connectivity index (χ3v) is 3.18. The molecule has 18 heavy (non-hydrogen) atoms. The first-order chi connectivity index (χ1) is 8.54. The van der Waals surface area contributed by atoms with E-state index in [1.807, 2.05) is 0 Å². The lowest BCUT2D eigenvalue weighted by Gasteiger charge is -2.17. The number of nitrogens with zero attached hydrogens (tertiary/aromatic N) is 1. The van der Waals surface area contributed by atoms with Gasteiger partial charge in [0.2, 0.25) is 0 Å². The minimum atomic E-state index is -0.874. The first-order valence-electron chi connectivity index (χ1n) is 5.37. The molecule has 1 unspecified atom stereocenters. The molecule has 1 atom stereocenters. The summed E-state index contributed by atoms with van der Waals surface area (Å²) in [6, 6.07) is 4.92. The minimum Gasteiger partial charge on any atom is -0.389 e. The third kappa shape index (κ3) is 2.31. The summed E-state index contributed by atoms with van der Waals surface area (Å²) in [5.74, 6) is -0.760. The average Bonchev–Trinajstić information content (AvgIpc) is 2.55. The fourth-order valence-corrected chi connectivity index (χ4v) is 2.25. The number of carbonyl (C=O) groups excluding carboxylic acids is 2. The number of imide groups is 1. The molecule has 0 radical (unpaired) electrons. The molecule has 0 spiro atoms. The second-order valence-corrected chi connectivity index (χ2v) is 4.94. The standard InChI is InChI=1S/C12H12BrNO4/c1-18-6-8(15)5-14-11(16)9-3-2-7(13)4-10(9)12(14)17/h2-4,8,15H,5-6H2,1H3. The molecule has 6 heteroatoms. The molecule has 0 saturated carbocycles. The van der Waals surface area contributed by atoms with E-state index in [4.69, 9.17) is 4.74 Å². The number of hydrogen-bond acceptors (Lipinski definition) is 4. The Morgan fingerprint density at radius 3 is 2.67 bits per heavy atom. The summed E-state index contributed by atoms with van der Waals surface area (Å²) < 4.78 is 5.51. The van der Waals surface area contributed by atoms with Crippen LogP contribution in [0.2, 0.25) is 0 Å². The lowest BCUT2D eigenvalue weighted by atomic mass is 10.1. The van der Waals surface area contributed by atoms with Gasteiger partial charge in [0.15, 0.2) is 0 Å². The Balaban J connectivity index is 2.23. The third-order valence-electron chi connectivity index (χ3n) is 2.69. The predicted molar refractivity (Wildman–Crippen MR) is 67.4 cm³/mol. The quantitative estimate of drug-likeness (QED) is 0.844. The van der Waals surface area contributed by atoms with Crippen LogP contribution >= 0.6 is 15.9 Å². The molecule has 96 valence electrons. The molecular formula is C12H12BrNO4. The van der Waals surface area contributed by atoms with Crippen LogP contribution in [0, 0.1) is 0 Å². The molecule has 0 fully saturated rings. The van der Waals surface area contributed by atoms with Gasteiger partial charge in [0.1, 0.15) is 0 Å². The lowest BCUT2D eigenvalue weighted by Crippen LogP contribution is -2.38. The van der Waals surface area contributed by atoms with Gasteiger partial charge in [-0.3, -0.25) is 14.5 Å². The molecule has 5 nitrogen and oxygen atoms in total. The van der Waals surface area contributed by atoms with Crippen molar-refractivity contribution in [2.24, 2.45) is 0 Å². The maximum absolute atomic E-state index is 12.0. The van der Waals surface area contributed by atoms with Crippen molar-refractivity contribution in [1.82, 2.24) is 4.90 Å². The van der Waals surface area contributed by atoms with Crippen molar-refractivity contribution >= 4 is 27.7 Å². The van der Waals surface area contributed by atoms with Crippen LogP contribution in [0.3, 0.4) is 0 Å². The van der Waals surface area contributed by atoms with Gasteiger partial charge in [0, 0.05) is 11.6 Å². The fourth-order valence-electron chi connectivity index (χ4n) is 1.88. The Kier molecular flexibility index (Phi) is 3.79. The van der Waals surface area contributed by atoms with Crippen molar-refractivity contribution in [2.45, 2.75) is 6.10 Å². The Hall–Kier alpha value is -1.24. The van der Waals surface area contributed by atoms with E-state index in [0.29, 0.717) is 11.1 Å². The van der Waals surface area contributed by atoms with Crippen molar-refractivity contribution in [2.75, 3.05) is 20.3 Å². The molecule has 2 rings (SSSR count). The van der Waals surface area contributed by atoms with E-state index in [9.17, 15) is 14.7 Å². The normalized spacial score (nSPS) is 16.1. The summed E-state index contributed by atoms with van der Waals surface area (Å²) in [5.41, 5.74) is 0.729. The number of hydrogen-bond donors (Lipinski definition) is 1. The zero-order valence-electron chi connectivity index (χ0n) is 9.72. The number of rotatable bonds is 4. The number of aliphatic hydroxyl groups is 1. The maximum Gasteiger partial charge on any atom is 0.261 e. The van der Waals surface area contributed by atoms with Crippen LogP contribution in [-0.4, -0.2) is 48.2 Å². The van der Waals surface area contributed by atoms with E-state index < -0.39 is 6.10 Å². The Morgan fingerprint density at radius 2 is 2.00 bits per heavy atom. The highest BCUT2D eigenvalue weighted by molar-refractivity contribution is 9.10. The molecule has 1 aromatic carbocycles. The molecule has 2 amide bonds. The predicted octanol–water partition coefficient (Wildman–Crippen LogP) is 1.05. The van der Waals surface area contributed by atoms with Crippen molar-refractivity contribution in [1.29, 1.82) is 0 Å². The van der Waals surface area contributed by atoms with Crippen LogP contribution in [0.25, 0.3) is 0 Å². The molecule has 0 saturated heterocycles. The highest BCUT2D eigenvalue weighted by atomic mass is 79.9. The highest BCUT2D eigenvalue weighted by Gasteiger charge is 2.36. The van der Waals surface area contributed by atoms with Gasteiger partial charge in [-0.1, -0.05) is 15.9 Å². The topological polar surface area (TPSA) is 66.8 Å². The second kappa shape index (κ2) is 5.17. The maximum atomic E-state index is 12.0. The van der Waals surface area contributed by atoms with Crippen LogP contribution in [-0.2, 0) is 4.74 Å². The van der Waals surface area contributed by atoms with E-state index in [2.05, 4.69) is 15.9 Å². The van der Waals surface area contributed by atoms with Crippen LogP contribution in [0.5, 0.6) is 0 Å². The molecule has 1 N–H and O–H groups in total. The van der Waals surface area contributed by atoms with Crippen LogP contribution in [0.15, 0.2) is 22.7 Å². The summed E-state index contributed by atoms with van der Waals surface area (Å²) in [6.45, 7) is 0.0227. The second-order valence-electron chi connectivity index (χ2n) is 4.02. The van der Waals surface area contributed by atoms with E-state index in [0.717, 1.165) is 9.37 Å².